The second kappa shape index (κ2) is 9.73. The fourth-order valence-electron chi connectivity index (χ4n) is 2.71. The van der Waals surface area contributed by atoms with E-state index in [2.05, 4.69) is 35.1 Å². The van der Waals surface area contributed by atoms with E-state index in [1.54, 1.807) is 25.1 Å². The van der Waals surface area contributed by atoms with Crippen molar-refractivity contribution >= 4 is 33.7 Å². The van der Waals surface area contributed by atoms with Crippen molar-refractivity contribution in [3.8, 4) is 5.75 Å². The highest BCUT2D eigenvalue weighted by Gasteiger charge is 2.35. The zero-order valence-electron chi connectivity index (χ0n) is 15.8. The van der Waals surface area contributed by atoms with Crippen LogP contribution in [0.15, 0.2) is 22.7 Å². The van der Waals surface area contributed by atoms with Gasteiger partial charge < -0.3 is 19.7 Å². The van der Waals surface area contributed by atoms with Gasteiger partial charge in [0, 0.05) is 18.7 Å². The van der Waals surface area contributed by atoms with Crippen molar-refractivity contribution in [3.05, 3.63) is 28.2 Å². The Morgan fingerprint density at radius 2 is 2.11 bits per heavy atom. The minimum absolute atomic E-state index is 0.165. The Bertz CT molecular complexity index is 707. The lowest BCUT2D eigenvalue weighted by Gasteiger charge is -2.34. The molecule has 1 fully saturated rings. The average Bonchev–Trinajstić information content (AvgIpc) is 2.62. The number of esters is 1. The van der Waals surface area contributed by atoms with Crippen molar-refractivity contribution in [1.82, 2.24) is 10.2 Å². The topological polar surface area (TPSA) is 84.9 Å². The molecule has 1 unspecified atom stereocenters. The molecule has 1 aromatic carbocycles. The van der Waals surface area contributed by atoms with Crippen LogP contribution in [0.2, 0.25) is 0 Å². The van der Waals surface area contributed by atoms with Crippen molar-refractivity contribution in [2.45, 2.75) is 33.2 Å². The third kappa shape index (κ3) is 5.69. The molecule has 1 aromatic rings. The van der Waals surface area contributed by atoms with Gasteiger partial charge in [-0.05, 0) is 47.0 Å². The first-order valence-corrected chi connectivity index (χ1v) is 9.79. The van der Waals surface area contributed by atoms with Gasteiger partial charge in [0.05, 0.1) is 24.1 Å². The van der Waals surface area contributed by atoms with E-state index in [0.717, 1.165) is 0 Å². The number of rotatable bonds is 7. The van der Waals surface area contributed by atoms with E-state index < -0.39 is 12.0 Å². The first-order valence-electron chi connectivity index (χ1n) is 9.00. The summed E-state index contributed by atoms with van der Waals surface area (Å²) in [5, 5.41) is 2.69. The number of halogens is 1. The number of benzene rings is 1. The van der Waals surface area contributed by atoms with E-state index in [1.165, 1.54) is 4.90 Å². The van der Waals surface area contributed by atoms with E-state index in [4.69, 9.17) is 9.47 Å². The SMILES string of the molecule is CCOC(=O)CC1C(=O)NCCN1C(=O)c1ccc(OCC(C)C)c(Br)c1. The third-order valence-electron chi connectivity index (χ3n) is 4.01. The number of carbonyl (C=O) groups excluding carboxylic acids is 3. The fourth-order valence-corrected chi connectivity index (χ4v) is 3.20. The quantitative estimate of drug-likeness (QED) is 0.657. The lowest BCUT2D eigenvalue weighted by atomic mass is 10.1. The Morgan fingerprint density at radius 3 is 2.74 bits per heavy atom. The van der Waals surface area contributed by atoms with Crippen LogP contribution in [0.5, 0.6) is 5.75 Å². The van der Waals surface area contributed by atoms with Gasteiger partial charge in [-0.25, -0.2) is 0 Å². The molecule has 0 aliphatic carbocycles. The highest BCUT2D eigenvalue weighted by Crippen LogP contribution is 2.27. The Labute approximate surface area is 167 Å². The summed E-state index contributed by atoms with van der Waals surface area (Å²) >= 11 is 3.43. The third-order valence-corrected chi connectivity index (χ3v) is 4.63. The molecule has 1 heterocycles. The maximum absolute atomic E-state index is 13.0. The van der Waals surface area contributed by atoms with Crippen LogP contribution in [0.1, 0.15) is 37.6 Å². The molecule has 0 radical (unpaired) electrons. The van der Waals surface area contributed by atoms with Gasteiger partial charge >= 0.3 is 5.97 Å². The van der Waals surface area contributed by atoms with Crippen LogP contribution in [0.4, 0.5) is 0 Å². The lowest BCUT2D eigenvalue weighted by Crippen LogP contribution is -2.57. The van der Waals surface area contributed by atoms with Crippen LogP contribution in [0.3, 0.4) is 0 Å². The van der Waals surface area contributed by atoms with Gasteiger partial charge in [-0.1, -0.05) is 13.8 Å². The Hall–Kier alpha value is -2.09. The predicted molar refractivity (Wildman–Crippen MR) is 104 cm³/mol. The number of hydrogen-bond acceptors (Lipinski definition) is 5. The number of ether oxygens (including phenoxy) is 2. The average molecular weight is 441 g/mol. The summed E-state index contributed by atoms with van der Waals surface area (Å²) in [7, 11) is 0. The summed E-state index contributed by atoms with van der Waals surface area (Å²) in [5.74, 6) is -0.127. The van der Waals surface area contributed by atoms with Gasteiger partial charge in [0.2, 0.25) is 5.91 Å². The van der Waals surface area contributed by atoms with Crippen LogP contribution >= 0.6 is 15.9 Å². The zero-order valence-corrected chi connectivity index (χ0v) is 17.4. The van der Waals surface area contributed by atoms with Crippen LogP contribution in [0.25, 0.3) is 0 Å². The predicted octanol–water partition coefficient (Wildman–Crippen LogP) is 2.38. The molecule has 0 saturated carbocycles. The Morgan fingerprint density at radius 1 is 1.37 bits per heavy atom. The number of carbonyl (C=O) groups is 3. The van der Waals surface area contributed by atoms with Crippen molar-refractivity contribution in [3.63, 3.8) is 0 Å². The molecule has 1 aliphatic rings. The normalized spacial score (nSPS) is 16.9. The lowest BCUT2D eigenvalue weighted by molar-refractivity contribution is -0.147. The Kier molecular flexibility index (Phi) is 7.65. The van der Waals surface area contributed by atoms with E-state index in [1.807, 2.05) is 0 Å². The first-order chi connectivity index (χ1) is 12.8. The summed E-state index contributed by atoms with van der Waals surface area (Å²) in [6.07, 6.45) is -0.165. The number of nitrogens with one attached hydrogen (secondary N) is 1. The first kappa shape index (κ1) is 21.2. The molecule has 0 bridgehead atoms. The van der Waals surface area contributed by atoms with E-state index >= 15 is 0 Å². The molecule has 1 saturated heterocycles. The summed E-state index contributed by atoms with van der Waals surface area (Å²) < 4.78 is 11.3. The second-order valence-electron chi connectivity index (χ2n) is 6.66. The zero-order chi connectivity index (χ0) is 20.0. The summed E-state index contributed by atoms with van der Waals surface area (Å²) in [6, 6.07) is 4.19. The molecule has 2 rings (SSSR count). The molecule has 7 nitrogen and oxygen atoms in total. The van der Waals surface area contributed by atoms with Gasteiger partial charge in [0.15, 0.2) is 0 Å². The molecule has 1 aliphatic heterocycles. The van der Waals surface area contributed by atoms with Crippen LogP contribution in [-0.4, -0.2) is 55.0 Å². The monoisotopic (exact) mass is 440 g/mol. The van der Waals surface area contributed by atoms with Gasteiger partial charge in [0.1, 0.15) is 11.8 Å². The fraction of sp³-hybridized carbons (Fsp3) is 0.526. The van der Waals surface area contributed by atoms with Gasteiger partial charge in [0.25, 0.3) is 5.91 Å². The van der Waals surface area contributed by atoms with Gasteiger partial charge in [-0.3, -0.25) is 14.4 Å². The minimum Gasteiger partial charge on any atom is -0.492 e. The molecule has 27 heavy (non-hydrogen) atoms. The maximum Gasteiger partial charge on any atom is 0.308 e. The van der Waals surface area contributed by atoms with E-state index in [-0.39, 0.29) is 24.8 Å². The standard InChI is InChI=1S/C19H25BrN2O5/c1-4-26-17(23)10-15-18(24)21-7-8-22(15)19(25)13-5-6-16(14(20)9-13)27-11-12(2)3/h5-6,9,12,15H,4,7-8,10-11H2,1-3H3,(H,21,24). The van der Waals surface area contributed by atoms with E-state index in [0.29, 0.717) is 41.4 Å². The molecule has 0 aromatic heterocycles. The number of piperazine rings is 1. The Balaban J connectivity index is 2.16. The van der Waals surface area contributed by atoms with Gasteiger partial charge in [-0.2, -0.15) is 0 Å². The number of hydrogen-bond donors (Lipinski definition) is 1. The van der Waals surface area contributed by atoms with Gasteiger partial charge in [-0.15, -0.1) is 0 Å². The van der Waals surface area contributed by atoms with Crippen molar-refractivity contribution in [2.24, 2.45) is 5.92 Å². The molecular formula is C19H25BrN2O5. The molecule has 148 valence electrons. The molecule has 2 amide bonds. The molecule has 1 atom stereocenters. The second-order valence-corrected chi connectivity index (χ2v) is 7.52. The molecular weight excluding hydrogens is 416 g/mol. The highest BCUT2D eigenvalue weighted by atomic mass is 79.9. The maximum atomic E-state index is 13.0. The van der Waals surface area contributed by atoms with Crippen LogP contribution < -0.4 is 10.1 Å². The van der Waals surface area contributed by atoms with E-state index in [9.17, 15) is 14.4 Å². The van der Waals surface area contributed by atoms with Crippen molar-refractivity contribution < 1.29 is 23.9 Å². The van der Waals surface area contributed by atoms with Crippen LogP contribution in [-0.2, 0) is 14.3 Å². The van der Waals surface area contributed by atoms with Crippen LogP contribution in [0, 0.1) is 5.92 Å². The molecule has 8 heteroatoms. The molecule has 1 N–H and O–H groups in total. The number of nitrogens with zero attached hydrogens (tertiary/aromatic N) is 1. The highest BCUT2D eigenvalue weighted by molar-refractivity contribution is 9.10. The molecule has 0 spiro atoms. The summed E-state index contributed by atoms with van der Waals surface area (Å²) in [5.41, 5.74) is 0.419. The summed E-state index contributed by atoms with van der Waals surface area (Å²) in [4.78, 5) is 38.4. The smallest absolute Gasteiger partial charge is 0.308 e. The minimum atomic E-state index is -0.874. The number of amides is 2. The van der Waals surface area contributed by atoms with Crippen molar-refractivity contribution in [2.75, 3.05) is 26.3 Å². The summed E-state index contributed by atoms with van der Waals surface area (Å²) in [6.45, 7) is 7.28. The largest absolute Gasteiger partial charge is 0.492 e. The van der Waals surface area contributed by atoms with Crippen molar-refractivity contribution in [1.29, 1.82) is 0 Å².